The molecule has 2 nitrogen and oxygen atoms in total. The first-order valence-electron chi connectivity index (χ1n) is 7.35. The largest absolute Gasteiger partial charge is 0.354 e. The lowest BCUT2D eigenvalue weighted by Gasteiger charge is -2.03. The SMILES string of the molecule is Cc1ccc(C(=O)c2cccc3c2[nH]c2ccccc23)cc1. The van der Waals surface area contributed by atoms with E-state index in [2.05, 4.69) is 17.1 Å². The standard InChI is InChI=1S/C20H15NO/c1-13-9-11-14(12-10-13)20(22)17-7-4-6-16-15-5-2-3-8-18(15)21-19(16)17/h2-12,21H,1H3. The molecule has 1 aromatic heterocycles. The maximum Gasteiger partial charge on any atom is 0.195 e. The molecule has 0 aliphatic heterocycles. The van der Waals surface area contributed by atoms with Crippen LogP contribution in [0.15, 0.2) is 66.7 Å². The highest BCUT2D eigenvalue weighted by molar-refractivity contribution is 6.20. The van der Waals surface area contributed by atoms with Gasteiger partial charge in [-0.25, -0.2) is 0 Å². The number of fused-ring (bicyclic) bond motifs is 3. The molecule has 3 aromatic carbocycles. The number of H-pyrrole nitrogens is 1. The summed E-state index contributed by atoms with van der Waals surface area (Å²) in [6, 6.07) is 21.7. The summed E-state index contributed by atoms with van der Waals surface area (Å²) in [5.74, 6) is 0.0529. The van der Waals surface area contributed by atoms with Crippen LogP contribution in [0, 0.1) is 6.92 Å². The molecule has 1 heterocycles. The van der Waals surface area contributed by atoms with E-state index in [-0.39, 0.29) is 5.78 Å². The predicted octanol–water partition coefficient (Wildman–Crippen LogP) is 4.86. The lowest BCUT2D eigenvalue weighted by molar-refractivity contribution is 0.104. The van der Waals surface area contributed by atoms with E-state index in [1.807, 2.05) is 61.5 Å². The maximum atomic E-state index is 12.8. The Morgan fingerprint density at radius 1 is 0.818 bits per heavy atom. The zero-order valence-corrected chi connectivity index (χ0v) is 12.3. The Hall–Kier alpha value is -2.87. The van der Waals surface area contributed by atoms with Crippen molar-refractivity contribution in [1.82, 2.24) is 4.98 Å². The molecule has 0 atom stereocenters. The number of aromatic amines is 1. The van der Waals surface area contributed by atoms with E-state index in [4.69, 9.17) is 0 Å². The number of carbonyl (C=O) groups is 1. The van der Waals surface area contributed by atoms with E-state index in [0.29, 0.717) is 0 Å². The molecule has 0 aliphatic carbocycles. The third-order valence-corrected chi connectivity index (χ3v) is 4.10. The molecule has 22 heavy (non-hydrogen) atoms. The average molecular weight is 285 g/mol. The summed E-state index contributed by atoms with van der Waals surface area (Å²) in [5.41, 5.74) is 4.56. The van der Waals surface area contributed by atoms with Gasteiger partial charge in [0.15, 0.2) is 5.78 Å². The molecular weight excluding hydrogens is 270 g/mol. The van der Waals surface area contributed by atoms with Crippen LogP contribution in [-0.4, -0.2) is 10.8 Å². The molecule has 1 N–H and O–H groups in total. The molecule has 0 saturated heterocycles. The van der Waals surface area contributed by atoms with Crippen molar-refractivity contribution in [2.75, 3.05) is 0 Å². The summed E-state index contributed by atoms with van der Waals surface area (Å²) < 4.78 is 0. The Balaban J connectivity index is 1.95. The number of hydrogen-bond donors (Lipinski definition) is 1. The van der Waals surface area contributed by atoms with Gasteiger partial charge in [0.1, 0.15) is 0 Å². The van der Waals surface area contributed by atoms with Gasteiger partial charge in [-0.15, -0.1) is 0 Å². The van der Waals surface area contributed by atoms with Gasteiger partial charge in [-0.2, -0.15) is 0 Å². The molecule has 0 saturated carbocycles. The fraction of sp³-hybridized carbons (Fsp3) is 0.0500. The van der Waals surface area contributed by atoms with Crippen LogP contribution < -0.4 is 0 Å². The molecule has 0 fully saturated rings. The Bertz CT molecular complexity index is 993. The summed E-state index contributed by atoms with van der Waals surface area (Å²) in [6.07, 6.45) is 0. The van der Waals surface area contributed by atoms with Gasteiger partial charge in [0, 0.05) is 27.4 Å². The topological polar surface area (TPSA) is 32.9 Å². The molecule has 4 aromatic rings. The van der Waals surface area contributed by atoms with E-state index in [0.717, 1.165) is 38.5 Å². The monoisotopic (exact) mass is 285 g/mol. The number of para-hydroxylation sites is 2. The summed E-state index contributed by atoms with van der Waals surface area (Å²) in [4.78, 5) is 16.2. The molecule has 106 valence electrons. The van der Waals surface area contributed by atoms with Gasteiger partial charge in [-0.3, -0.25) is 4.79 Å². The smallest absolute Gasteiger partial charge is 0.195 e. The van der Waals surface area contributed by atoms with Crippen LogP contribution in [0.5, 0.6) is 0 Å². The number of nitrogens with one attached hydrogen (secondary N) is 1. The van der Waals surface area contributed by atoms with Gasteiger partial charge in [0.2, 0.25) is 0 Å². The summed E-state index contributed by atoms with van der Waals surface area (Å²) in [5, 5.41) is 2.24. The molecule has 0 radical (unpaired) electrons. The minimum absolute atomic E-state index is 0.0529. The van der Waals surface area contributed by atoms with Crippen molar-refractivity contribution in [3.05, 3.63) is 83.4 Å². The molecule has 0 unspecified atom stereocenters. The molecule has 0 amide bonds. The Kier molecular flexibility index (Phi) is 2.83. The van der Waals surface area contributed by atoms with Gasteiger partial charge in [-0.1, -0.05) is 60.2 Å². The van der Waals surface area contributed by atoms with Crippen molar-refractivity contribution in [3.63, 3.8) is 0 Å². The van der Waals surface area contributed by atoms with Crippen molar-refractivity contribution >= 4 is 27.6 Å². The second kappa shape index (κ2) is 4.85. The number of aromatic nitrogens is 1. The van der Waals surface area contributed by atoms with Crippen LogP contribution in [0.3, 0.4) is 0 Å². The quantitative estimate of drug-likeness (QED) is 0.524. The maximum absolute atomic E-state index is 12.8. The first kappa shape index (κ1) is 12.8. The van der Waals surface area contributed by atoms with Crippen molar-refractivity contribution in [2.45, 2.75) is 6.92 Å². The number of ketones is 1. The molecule has 0 aliphatic rings. The average Bonchev–Trinajstić information content (AvgIpc) is 2.93. The highest BCUT2D eigenvalue weighted by Crippen LogP contribution is 2.28. The Labute approximate surface area is 128 Å². The first-order valence-corrected chi connectivity index (χ1v) is 7.35. The Morgan fingerprint density at radius 2 is 1.55 bits per heavy atom. The summed E-state index contributed by atoms with van der Waals surface area (Å²) in [6.45, 7) is 2.02. The number of rotatable bonds is 2. The van der Waals surface area contributed by atoms with Gasteiger partial charge in [-0.05, 0) is 19.1 Å². The predicted molar refractivity (Wildman–Crippen MR) is 90.4 cm³/mol. The van der Waals surface area contributed by atoms with E-state index in [9.17, 15) is 4.79 Å². The van der Waals surface area contributed by atoms with Crippen molar-refractivity contribution in [2.24, 2.45) is 0 Å². The molecular formula is C20H15NO. The highest BCUT2D eigenvalue weighted by atomic mass is 16.1. The highest BCUT2D eigenvalue weighted by Gasteiger charge is 2.15. The lowest BCUT2D eigenvalue weighted by atomic mass is 10.00. The molecule has 2 heteroatoms. The number of benzene rings is 3. The van der Waals surface area contributed by atoms with Crippen LogP contribution in [0.4, 0.5) is 0 Å². The van der Waals surface area contributed by atoms with Crippen LogP contribution >= 0.6 is 0 Å². The van der Waals surface area contributed by atoms with Crippen LogP contribution in [0.25, 0.3) is 21.8 Å². The molecule has 0 spiro atoms. The second-order valence-electron chi connectivity index (χ2n) is 5.59. The third kappa shape index (κ3) is 1.92. The van der Waals surface area contributed by atoms with Crippen LogP contribution in [0.1, 0.15) is 21.5 Å². The minimum atomic E-state index is 0.0529. The van der Waals surface area contributed by atoms with Crippen molar-refractivity contribution in [1.29, 1.82) is 0 Å². The zero-order chi connectivity index (χ0) is 15.1. The number of hydrogen-bond acceptors (Lipinski definition) is 1. The van der Waals surface area contributed by atoms with E-state index in [1.54, 1.807) is 0 Å². The first-order chi connectivity index (χ1) is 10.7. The fourth-order valence-electron chi connectivity index (χ4n) is 2.92. The molecule has 4 rings (SSSR count). The van der Waals surface area contributed by atoms with Crippen molar-refractivity contribution in [3.8, 4) is 0 Å². The number of carbonyl (C=O) groups excluding carboxylic acids is 1. The summed E-state index contributed by atoms with van der Waals surface area (Å²) >= 11 is 0. The van der Waals surface area contributed by atoms with Crippen LogP contribution in [-0.2, 0) is 0 Å². The van der Waals surface area contributed by atoms with E-state index >= 15 is 0 Å². The number of aryl methyl sites for hydroxylation is 1. The summed E-state index contributed by atoms with van der Waals surface area (Å²) in [7, 11) is 0. The van der Waals surface area contributed by atoms with Gasteiger partial charge in [0.25, 0.3) is 0 Å². The van der Waals surface area contributed by atoms with Crippen molar-refractivity contribution < 1.29 is 4.79 Å². The van der Waals surface area contributed by atoms with Crippen LogP contribution in [0.2, 0.25) is 0 Å². The van der Waals surface area contributed by atoms with Gasteiger partial charge < -0.3 is 4.98 Å². The normalized spacial score (nSPS) is 11.1. The van der Waals surface area contributed by atoms with Gasteiger partial charge in [0.05, 0.1) is 5.52 Å². The Morgan fingerprint density at radius 3 is 2.36 bits per heavy atom. The molecule has 0 bridgehead atoms. The van der Waals surface area contributed by atoms with E-state index in [1.165, 1.54) is 0 Å². The zero-order valence-electron chi connectivity index (χ0n) is 12.3. The van der Waals surface area contributed by atoms with E-state index < -0.39 is 0 Å². The van der Waals surface area contributed by atoms with Gasteiger partial charge >= 0.3 is 0 Å². The minimum Gasteiger partial charge on any atom is -0.354 e. The fourth-order valence-corrected chi connectivity index (χ4v) is 2.92. The second-order valence-corrected chi connectivity index (χ2v) is 5.59. The third-order valence-electron chi connectivity index (χ3n) is 4.10. The lowest BCUT2D eigenvalue weighted by Crippen LogP contribution is -2.02.